The molecule has 1 fully saturated rings. The summed E-state index contributed by atoms with van der Waals surface area (Å²) in [4.78, 5) is 26.3. The van der Waals surface area contributed by atoms with Crippen molar-refractivity contribution >= 4 is 29.1 Å². The maximum atomic E-state index is 14.6. The van der Waals surface area contributed by atoms with Crippen LogP contribution in [0.3, 0.4) is 0 Å². The van der Waals surface area contributed by atoms with E-state index in [2.05, 4.69) is 6.92 Å². The zero-order valence-electron chi connectivity index (χ0n) is 14.7. The number of anilines is 1. The molecule has 0 spiro atoms. The lowest BCUT2D eigenvalue weighted by Crippen LogP contribution is -2.32. The molecule has 26 heavy (non-hydrogen) atoms. The number of ether oxygens (including phenoxy) is 1. The summed E-state index contributed by atoms with van der Waals surface area (Å²) in [7, 11) is 0. The van der Waals surface area contributed by atoms with Crippen molar-refractivity contribution in [3.05, 3.63) is 34.1 Å². The van der Waals surface area contributed by atoms with Crippen LogP contribution in [-0.4, -0.2) is 17.9 Å². The zero-order valence-corrected chi connectivity index (χ0v) is 15.4. The van der Waals surface area contributed by atoms with Crippen LogP contribution in [0.4, 0.5) is 10.1 Å². The lowest BCUT2D eigenvalue weighted by molar-refractivity contribution is -0.120. The molecule has 2 amide bonds. The summed E-state index contributed by atoms with van der Waals surface area (Å²) in [5.74, 6) is -0.606. The van der Waals surface area contributed by atoms with Crippen LogP contribution in [0.1, 0.15) is 51.9 Å². The first-order valence-corrected chi connectivity index (χ1v) is 9.60. The van der Waals surface area contributed by atoms with E-state index in [9.17, 15) is 14.0 Å². The predicted octanol–water partition coefficient (Wildman–Crippen LogP) is 4.79. The number of carbonyl (C=O) groups excluding carboxylic acids is 2. The number of imide groups is 1. The third-order valence-corrected chi connectivity index (χ3v) is 5.87. The van der Waals surface area contributed by atoms with Gasteiger partial charge in [-0.3, -0.25) is 9.59 Å². The van der Waals surface area contributed by atoms with Gasteiger partial charge in [-0.2, -0.15) is 0 Å². The Hall–Kier alpha value is -1.88. The van der Waals surface area contributed by atoms with Crippen molar-refractivity contribution in [1.82, 2.24) is 0 Å². The van der Waals surface area contributed by atoms with Crippen molar-refractivity contribution in [2.24, 2.45) is 5.92 Å². The third kappa shape index (κ3) is 2.92. The Bertz CT molecular complexity index is 792. The molecule has 1 aromatic carbocycles. The Balaban J connectivity index is 1.65. The standard InChI is InChI=1S/C20H21ClFNO3/c1-11-6-7-12(8-11)26-18-10-17(16(22)9-15(18)21)23-19(24)13-4-2-3-5-14(13)20(23)25/h9-12H,2-8H2,1H3. The topological polar surface area (TPSA) is 46.6 Å². The van der Waals surface area contributed by atoms with Crippen molar-refractivity contribution in [2.45, 2.75) is 58.0 Å². The van der Waals surface area contributed by atoms with Gasteiger partial charge in [0, 0.05) is 17.2 Å². The van der Waals surface area contributed by atoms with E-state index in [1.54, 1.807) is 0 Å². The van der Waals surface area contributed by atoms with E-state index in [4.69, 9.17) is 16.3 Å². The van der Waals surface area contributed by atoms with E-state index in [1.807, 2.05) is 0 Å². The van der Waals surface area contributed by atoms with Gasteiger partial charge in [-0.25, -0.2) is 9.29 Å². The summed E-state index contributed by atoms with van der Waals surface area (Å²) in [6, 6.07) is 2.53. The van der Waals surface area contributed by atoms with E-state index < -0.39 is 17.6 Å². The fourth-order valence-electron chi connectivity index (χ4n) is 4.18. The summed E-state index contributed by atoms with van der Waals surface area (Å²) >= 11 is 6.15. The van der Waals surface area contributed by atoms with Crippen LogP contribution in [0.2, 0.25) is 5.02 Å². The summed E-state index contributed by atoms with van der Waals surface area (Å²) < 4.78 is 20.5. The molecule has 0 N–H and O–H groups in total. The molecule has 2 aliphatic carbocycles. The molecule has 0 radical (unpaired) electrons. The molecule has 4 rings (SSSR count). The van der Waals surface area contributed by atoms with Gasteiger partial charge < -0.3 is 4.74 Å². The summed E-state index contributed by atoms with van der Waals surface area (Å²) in [6.07, 6.45) is 5.85. The molecular weight excluding hydrogens is 357 g/mol. The molecule has 0 aromatic heterocycles. The van der Waals surface area contributed by atoms with Crippen LogP contribution >= 0.6 is 11.6 Å². The molecule has 138 valence electrons. The normalized spacial score (nSPS) is 25.9. The zero-order chi connectivity index (χ0) is 18.4. The smallest absolute Gasteiger partial charge is 0.261 e. The first kappa shape index (κ1) is 17.5. The molecule has 1 heterocycles. The molecule has 3 aliphatic rings. The van der Waals surface area contributed by atoms with Crippen molar-refractivity contribution in [3.63, 3.8) is 0 Å². The lowest BCUT2D eigenvalue weighted by atomic mass is 9.93. The van der Waals surface area contributed by atoms with Gasteiger partial charge in [-0.05, 0) is 56.9 Å². The second-order valence-corrected chi connectivity index (χ2v) is 7.91. The average molecular weight is 378 g/mol. The maximum absolute atomic E-state index is 14.6. The Labute approximate surface area is 156 Å². The van der Waals surface area contributed by atoms with Gasteiger partial charge in [0.1, 0.15) is 11.6 Å². The molecule has 4 nitrogen and oxygen atoms in total. The highest BCUT2D eigenvalue weighted by Crippen LogP contribution is 2.40. The third-order valence-electron chi connectivity index (χ3n) is 5.57. The quantitative estimate of drug-likeness (QED) is 0.711. The van der Waals surface area contributed by atoms with E-state index in [0.29, 0.717) is 35.7 Å². The number of halogens is 2. The largest absolute Gasteiger partial charge is 0.489 e. The van der Waals surface area contributed by atoms with Gasteiger partial charge in [-0.1, -0.05) is 18.5 Å². The van der Waals surface area contributed by atoms with Gasteiger partial charge in [-0.15, -0.1) is 0 Å². The van der Waals surface area contributed by atoms with E-state index in [1.165, 1.54) is 6.07 Å². The Morgan fingerprint density at radius 1 is 1.12 bits per heavy atom. The van der Waals surface area contributed by atoms with Crippen molar-refractivity contribution in [2.75, 3.05) is 4.90 Å². The van der Waals surface area contributed by atoms with Gasteiger partial charge >= 0.3 is 0 Å². The number of nitrogens with zero attached hydrogens (tertiary/aromatic N) is 1. The molecule has 6 heteroatoms. The molecule has 2 atom stereocenters. The van der Waals surface area contributed by atoms with Crippen LogP contribution in [0, 0.1) is 11.7 Å². The van der Waals surface area contributed by atoms with Gasteiger partial charge in [0.2, 0.25) is 0 Å². The Morgan fingerprint density at radius 2 is 1.77 bits per heavy atom. The second-order valence-electron chi connectivity index (χ2n) is 7.50. The summed E-state index contributed by atoms with van der Waals surface area (Å²) in [5.41, 5.74) is 0.991. The highest BCUT2D eigenvalue weighted by molar-refractivity contribution is 6.34. The first-order valence-electron chi connectivity index (χ1n) is 9.22. The van der Waals surface area contributed by atoms with Crippen LogP contribution in [0.5, 0.6) is 5.75 Å². The van der Waals surface area contributed by atoms with Crippen LogP contribution in [-0.2, 0) is 9.59 Å². The van der Waals surface area contributed by atoms with E-state index >= 15 is 0 Å². The fraction of sp³-hybridized carbons (Fsp3) is 0.500. The minimum atomic E-state index is -0.691. The molecule has 0 saturated heterocycles. The number of hydrogen-bond donors (Lipinski definition) is 0. The van der Waals surface area contributed by atoms with Gasteiger partial charge in [0.25, 0.3) is 11.8 Å². The number of carbonyl (C=O) groups is 2. The van der Waals surface area contributed by atoms with Crippen LogP contribution in [0.25, 0.3) is 0 Å². The van der Waals surface area contributed by atoms with Crippen molar-refractivity contribution in [3.8, 4) is 5.75 Å². The van der Waals surface area contributed by atoms with E-state index in [-0.39, 0.29) is 16.8 Å². The average Bonchev–Trinajstić information content (AvgIpc) is 3.13. The van der Waals surface area contributed by atoms with Crippen molar-refractivity contribution < 1.29 is 18.7 Å². The summed E-state index contributed by atoms with van der Waals surface area (Å²) in [5, 5.41) is 0.155. The molecule has 1 saturated carbocycles. The Morgan fingerprint density at radius 3 is 2.35 bits per heavy atom. The van der Waals surface area contributed by atoms with Crippen LogP contribution in [0.15, 0.2) is 23.3 Å². The predicted molar refractivity (Wildman–Crippen MR) is 96.8 cm³/mol. The minimum absolute atomic E-state index is 0.0251. The first-order chi connectivity index (χ1) is 12.5. The SMILES string of the molecule is CC1CCC(Oc2cc(N3C(=O)C4=C(CCCC4)C3=O)c(F)cc2Cl)C1. The molecular formula is C20H21ClFNO3. The molecule has 0 bridgehead atoms. The highest BCUT2D eigenvalue weighted by Gasteiger charge is 2.41. The molecule has 1 aromatic rings. The van der Waals surface area contributed by atoms with Gasteiger partial charge in [0.15, 0.2) is 0 Å². The number of benzene rings is 1. The number of rotatable bonds is 3. The van der Waals surface area contributed by atoms with E-state index in [0.717, 1.165) is 43.1 Å². The second kappa shape index (κ2) is 6.69. The molecule has 2 unspecified atom stereocenters. The Kier molecular flexibility index (Phi) is 4.51. The maximum Gasteiger partial charge on any atom is 0.261 e. The van der Waals surface area contributed by atoms with Crippen molar-refractivity contribution in [1.29, 1.82) is 0 Å². The van der Waals surface area contributed by atoms with Crippen LogP contribution < -0.4 is 9.64 Å². The highest BCUT2D eigenvalue weighted by atomic mass is 35.5. The number of amides is 2. The number of hydrogen-bond acceptors (Lipinski definition) is 3. The fourth-order valence-corrected chi connectivity index (χ4v) is 4.37. The molecule has 1 aliphatic heterocycles. The summed E-state index contributed by atoms with van der Waals surface area (Å²) in [6.45, 7) is 2.17. The van der Waals surface area contributed by atoms with Gasteiger partial charge in [0.05, 0.1) is 16.8 Å². The lowest BCUT2D eigenvalue weighted by Gasteiger charge is -2.20. The monoisotopic (exact) mass is 377 g/mol. The minimum Gasteiger partial charge on any atom is -0.489 e.